The fourth-order valence-corrected chi connectivity index (χ4v) is 3.02. The molecular formula is C19H19FN6O. The van der Waals surface area contributed by atoms with Crippen LogP contribution >= 0.6 is 0 Å². The summed E-state index contributed by atoms with van der Waals surface area (Å²) in [7, 11) is 1.58. The molecule has 4 rings (SSSR count). The molecule has 1 aromatic carbocycles. The number of hydrogen-bond acceptors (Lipinski definition) is 7. The van der Waals surface area contributed by atoms with Gasteiger partial charge in [0, 0.05) is 31.7 Å². The number of rotatable bonds is 4. The molecule has 27 heavy (non-hydrogen) atoms. The minimum absolute atomic E-state index is 0.262. The maximum absolute atomic E-state index is 13.0. The van der Waals surface area contributed by atoms with Crippen molar-refractivity contribution < 1.29 is 9.13 Å². The average Bonchev–Trinajstić information content (AvgIpc) is 2.75. The highest BCUT2D eigenvalue weighted by atomic mass is 19.1. The van der Waals surface area contributed by atoms with Gasteiger partial charge in [0.25, 0.3) is 0 Å². The lowest BCUT2D eigenvalue weighted by Crippen LogP contribution is -2.47. The van der Waals surface area contributed by atoms with E-state index in [1.807, 2.05) is 12.1 Å². The average molecular weight is 366 g/mol. The van der Waals surface area contributed by atoms with Crippen LogP contribution in [0.2, 0.25) is 0 Å². The van der Waals surface area contributed by atoms with Gasteiger partial charge in [-0.1, -0.05) is 0 Å². The molecule has 3 aromatic rings. The van der Waals surface area contributed by atoms with Crippen LogP contribution in [0.5, 0.6) is 5.88 Å². The first-order valence-corrected chi connectivity index (χ1v) is 8.68. The molecule has 0 amide bonds. The second kappa shape index (κ2) is 7.53. The van der Waals surface area contributed by atoms with Crippen LogP contribution in [0.1, 0.15) is 0 Å². The van der Waals surface area contributed by atoms with Crippen LogP contribution in [0.3, 0.4) is 0 Å². The summed E-state index contributed by atoms with van der Waals surface area (Å²) >= 11 is 0. The van der Waals surface area contributed by atoms with Crippen molar-refractivity contribution in [1.29, 1.82) is 0 Å². The van der Waals surface area contributed by atoms with E-state index in [4.69, 9.17) is 4.74 Å². The van der Waals surface area contributed by atoms with Crippen molar-refractivity contribution in [2.24, 2.45) is 0 Å². The van der Waals surface area contributed by atoms with Crippen molar-refractivity contribution in [2.75, 3.05) is 43.1 Å². The number of hydrogen-bond donors (Lipinski definition) is 0. The molecule has 8 heteroatoms. The van der Waals surface area contributed by atoms with Crippen molar-refractivity contribution in [3.05, 3.63) is 54.6 Å². The molecule has 0 N–H and O–H groups in total. The van der Waals surface area contributed by atoms with Gasteiger partial charge in [0.1, 0.15) is 5.82 Å². The minimum atomic E-state index is -0.262. The summed E-state index contributed by atoms with van der Waals surface area (Å²) in [6.07, 6.45) is 3.34. The SMILES string of the molecule is COc1cncc(N2CCN(c3ccc(-c4ccc(F)cc4)nn3)CC2)n1. The Morgan fingerprint density at radius 1 is 0.852 bits per heavy atom. The topological polar surface area (TPSA) is 67.3 Å². The maximum atomic E-state index is 13.0. The second-order valence-electron chi connectivity index (χ2n) is 6.18. The summed E-state index contributed by atoms with van der Waals surface area (Å²) in [4.78, 5) is 13.0. The van der Waals surface area contributed by atoms with E-state index < -0.39 is 0 Å². The normalized spacial score (nSPS) is 14.3. The molecule has 0 spiro atoms. The van der Waals surface area contributed by atoms with E-state index in [-0.39, 0.29) is 5.82 Å². The Morgan fingerprint density at radius 2 is 1.56 bits per heavy atom. The Labute approximate surface area is 156 Å². The lowest BCUT2D eigenvalue weighted by molar-refractivity contribution is 0.395. The monoisotopic (exact) mass is 366 g/mol. The van der Waals surface area contributed by atoms with Gasteiger partial charge in [-0.05, 0) is 36.4 Å². The highest BCUT2D eigenvalue weighted by Crippen LogP contribution is 2.21. The number of aromatic nitrogens is 4. The minimum Gasteiger partial charge on any atom is -0.480 e. The Hall–Kier alpha value is -3.29. The summed E-state index contributed by atoms with van der Waals surface area (Å²) < 4.78 is 18.2. The molecule has 0 aliphatic carbocycles. The zero-order chi connectivity index (χ0) is 18.6. The Bertz CT molecular complexity index is 895. The summed E-state index contributed by atoms with van der Waals surface area (Å²) in [5.74, 6) is 1.89. The van der Waals surface area contributed by atoms with E-state index in [9.17, 15) is 4.39 Å². The largest absolute Gasteiger partial charge is 0.480 e. The molecule has 138 valence electrons. The van der Waals surface area contributed by atoms with Crippen molar-refractivity contribution in [2.45, 2.75) is 0 Å². The van der Waals surface area contributed by atoms with E-state index in [0.717, 1.165) is 49.1 Å². The number of anilines is 2. The van der Waals surface area contributed by atoms with E-state index >= 15 is 0 Å². The van der Waals surface area contributed by atoms with Gasteiger partial charge in [0.2, 0.25) is 5.88 Å². The number of nitrogens with zero attached hydrogens (tertiary/aromatic N) is 6. The summed E-state index contributed by atoms with van der Waals surface area (Å²) in [6, 6.07) is 10.1. The first kappa shape index (κ1) is 17.1. The number of piperazine rings is 1. The first-order chi connectivity index (χ1) is 13.2. The summed E-state index contributed by atoms with van der Waals surface area (Å²) in [5.41, 5.74) is 1.57. The lowest BCUT2D eigenvalue weighted by Gasteiger charge is -2.35. The van der Waals surface area contributed by atoms with Gasteiger partial charge in [0.05, 0.1) is 25.2 Å². The smallest absolute Gasteiger partial charge is 0.233 e. The zero-order valence-corrected chi connectivity index (χ0v) is 14.9. The highest BCUT2D eigenvalue weighted by molar-refractivity contribution is 5.59. The molecule has 0 unspecified atom stereocenters. The highest BCUT2D eigenvalue weighted by Gasteiger charge is 2.20. The van der Waals surface area contributed by atoms with E-state index in [1.165, 1.54) is 12.1 Å². The van der Waals surface area contributed by atoms with Gasteiger partial charge in [-0.2, -0.15) is 4.98 Å². The van der Waals surface area contributed by atoms with Crippen LogP contribution in [0.4, 0.5) is 16.0 Å². The van der Waals surface area contributed by atoms with E-state index in [0.29, 0.717) is 5.88 Å². The molecule has 3 heterocycles. The molecule has 7 nitrogen and oxygen atoms in total. The number of halogens is 1. The predicted molar refractivity (Wildman–Crippen MR) is 100 cm³/mol. The third-order valence-corrected chi connectivity index (χ3v) is 4.53. The molecule has 0 saturated carbocycles. The molecule has 1 aliphatic heterocycles. The summed E-state index contributed by atoms with van der Waals surface area (Å²) in [6.45, 7) is 3.24. The van der Waals surface area contributed by atoms with Crippen LogP contribution in [-0.4, -0.2) is 53.5 Å². The van der Waals surface area contributed by atoms with Crippen LogP contribution in [-0.2, 0) is 0 Å². The van der Waals surface area contributed by atoms with Crippen LogP contribution < -0.4 is 14.5 Å². The van der Waals surface area contributed by atoms with Crippen LogP contribution in [0.15, 0.2) is 48.8 Å². The molecule has 2 aromatic heterocycles. The maximum Gasteiger partial charge on any atom is 0.233 e. The van der Waals surface area contributed by atoms with Gasteiger partial charge in [-0.3, -0.25) is 4.98 Å². The standard InChI is InChI=1S/C19H19FN6O/c1-27-19-13-21-12-18(22-19)26-10-8-25(9-11-26)17-7-6-16(23-24-17)14-2-4-15(20)5-3-14/h2-7,12-13H,8-11H2,1H3. The van der Waals surface area contributed by atoms with Gasteiger partial charge in [0.15, 0.2) is 11.6 Å². The van der Waals surface area contributed by atoms with Crippen molar-refractivity contribution in [3.63, 3.8) is 0 Å². The fourth-order valence-electron chi connectivity index (χ4n) is 3.02. The lowest BCUT2D eigenvalue weighted by atomic mass is 10.1. The summed E-state index contributed by atoms with van der Waals surface area (Å²) in [5, 5.41) is 8.63. The van der Waals surface area contributed by atoms with Crippen LogP contribution in [0.25, 0.3) is 11.3 Å². The van der Waals surface area contributed by atoms with E-state index in [2.05, 4.69) is 30.0 Å². The molecule has 1 aliphatic rings. The van der Waals surface area contributed by atoms with E-state index in [1.54, 1.807) is 31.6 Å². The number of ether oxygens (including phenoxy) is 1. The molecule has 0 bridgehead atoms. The predicted octanol–water partition coefficient (Wildman–Crippen LogP) is 2.41. The van der Waals surface area contributed by atoms with Gasteiger partial charge in [-0.25, -0.2) is 4.39 Å². The second-order valence-corrected chi connectivity index (χ2v) is 6.18. The van der Waals surface area contributed by atoms with Crippen molar-refractivity contribution in [3.8, 4) is 17.1 Å². The van der Waals surface area contributed by atoms with Crippen LogP contribution in [0, 0.1) is 5.82 Å². The number of benzene rings is 1. The molecule has 0 radical (unpaired) electrons. The molecule has 0 atom stereocenters. The Morgan fingerprint density at radius 3 is 2.19 bits per heavy atom. The van der Waals surface area contributed by atoms with Crippen molar-refractivity contribution in [1.82, 2.24) is 20.2 Å². The van der Waals surface area contributed by atoms with Crippen molar-refractivity contribution >= 4 is 11.6 Å². The molecule has 1 fully saturated rings. The molecule has 1 saturated heterocycles. The fraction of sp³-hybridized carbons (Fsp3) is 0.263. The number of methoxy groups -OCH3 is 1. The Kier molecular flexibility index (Phi) is 4.78. The zero-order valence-electron chi connectivity index (χ0n) is 14.9. The van der Waals surface area contributed by atoms with Gasteiger partial charge < -0.3 is 14.5 Å². The third-order valence-electron chi connectivity index (χ3n) is 4.53. The van der Waals surface area contributed by atoms with Gasteiger partial charge >= 0.3 is 0 Å². The quantitative estimate of drug-likeness (QED) is 0.702. The Balaban J connectivity index is 1.41. The molecular weight excluding hydrogens is 347 g/mol. The van der Waals surface area contributed by atoms with Gasteiger partial charge in [-0.15, -0.1) is 10.2 Å². The first-order valence-electron chi connectivity index (χ1n) is 8.68. The third kappa shape index (κ3) is 3.79.